The normalized spacial score (nSPS) is 10.9. The molecule has 0 heterocycles. The van der Waals surface area contributed by atoms with Crippen LogP contribution >= 0.6 is 15.9 Å². The van der Waals surface area contributed by atoms with Crippen LogP contribution in [0.4, 0.5) is 0 Å². The van der Waals surface area contributed by atoms with Gasteiger partial charge in [0.05, 0.1) is 0 Å². The first-order chi connectivity index (χ1) is 7.83. The molecule has 0 saturated carbocycles. The van der Waals surface area contributed by atoms with Gasteiger partial charge >= 0.3 is 0 Å². The fourth-order valence-corrected chi connectivity index (χ4v) is 2.78. The van der Waals surface area contributed by atoms with E-state index in [9.17, 15) is 0 Å². The SMILES string of the molecule is CCCCCc1cccc2cccc(Br)c12. The first kappa shape index (κ1) is 11.7. The van der Waals surface area contributed by atoms with Crippen LogP contribution < -0.4 is 0 Å². The van der Waals surface area contributed by atoms with E-state index in [1.54, 1.807) is 0 Å². The molecule has 0 aliphatic heterocycles. The highest BCUT2D eigenvalue weighted by Crippen LogP contribution is 2.28. The van der Waals surface area contributed by atoms with Crippen molar-refractivity contribution in [2.45, 2.75) is 32.6 Å². The molecule has 84 valence electrons. The minimum absolute atomic E-state index is 1.19. The molecule has 0 radical (unpaired) electrons. The van der Waals surface area contributed by atoms with Crippen molar-refractivity contribution in [1.82, 2.24) is 0 Å². The number of fused-ring (bicyclic) bond motifs is 1. The second-order valence-electron chi connectivity index (χ2n) is 4.21. The first-order valence-corrected chi connectivity index (χ1v) is 6.78. The Morgan fingerprint density at radius 1 is 1.00 bits per heavy atom. The van der Waals surface area contributed by atoms with Crippen LogP contribution in [0.1, 0.15) is 31.7 Å². The molecule has 0 atom stereocenters. The Labute approximate surface area is 106 Å². The molecule has 0 nitrogen and oxygen atoms in total. The molecule has 0 saturated heterocycles. The maximum absolute atomic E-state index is 3.66. The van der Waals surface area contributed by atoms with Crippen molar-refractivity contribution >= 4 is 26.7 Å². The Morgan fingerprint density at radius 3 is 2.50 bits per heavy atom. The highest BCUT2D eigenvalue weighted by Gasteiger charge is 2.03. The van der Waals surface area contributed by atoms with Crippen LogP contribution in [0.25, 0.3) is 10.8 Å². The van der Waals surface area contributed by atoms with E-state index in [-0.39, 0.29) is 0 Å². The fraction of sp³-hybridized carbons (Fsp3) is 0.333. The van der Waals surface area contributed by atoms with Gasteiger partial charge in [0, 0.05) is 4.47 Å². The molecule has 2 aromatic rings. The zero-order chi connectivity index (χ0) is 11.4. The molecule has 2 rings (SSSR count). The molecule has 0 amide bonds. The number of hydrogen-bond donors (Lipinski definition) is 0. The van der Waals surface area contributed by atoms with E-state index in [4.69, 9.17) is 0 Å². The third kappa shape index (κ3) is 2.46. The first-order valence-electron chi connectivity index (χ1n) is 5.99. The van der Waals surface area contributed by atoms with Gasteiger partial charge in [-0.15, -0.1) is 0 Å². The van der Waals surface area contributed by atoms with Gasteiger partial charge in [0.1, 0.15) is 0 Å². The number of aryl methyl sites for hydroxylation is 1. The second-order valence-corrected chi connectivity index (χ2v) is 5.07. The Morgan fingerprint density at radius 2 is 1.75 bits per heavy atom. The summed E-state index contributed by atoms with van der Waals surface area (Å²) in [6.45, 7) is 2.25. The molecule has 0 spiro atoms. The van der Waals surface area contributed by atoms with Gasteiger partial charge in [-0.1, -0.05) is 66.0 Å². The van der Waals surface area contributed by atoms with Gasteiger partial charge in [0.2, 0.25) is 0 Å². The molecular weight excluding hydrogens is 260 g/mol. The summed E-state index contributed by atoms with van der Waals surface area (Å²) < 4.78 is 1.22. The molecule has 0 aliphatic carbocycles. The molecule has 1 heteroatoms. The van der Waals surface area contributed by atoms with Gasteiger partial charge in [-0.3, -0.25) is 0 Å². The van der Waals surface area contributed by atoms with Crippen molar-refractivity contribution in [2.24, 2.45) is 0 Å². The maximum atomic E-state index is 3.66. The molecular formula is C15H17Br. The molecule has 0 unspecified atom stereocenters. The van der Waals surface area contributed by atoms with Crippen LogP contribution in [0.5, 0.6) is 0 Å². The van der Waals surface area contributed by atoms with E-state index in [0.717, 1.165) is 0 Å². The summed E-state index contributed by atoms with van der Waals surface area (Å²) in [6.07, 6.45) is 5.08. The fourth-order valence-electron chi connectivity index (χ4n) is 2.14. The van der Waals surface area contributed by atoms with Crippen LogP contribution in [-0.4, -0.2) is 0 Å². The summed E-state index contributed by atoms with van der Waals surface area (Å²) in [5.41, 5.74) is 1.47. The van der Waals surface area contributed by atoms with E-state index >= 15 is 0 Å². The molecule has 16 heavy (non-hydrogen) atoms. The summed E-state index contributed by atoms with van der Waals surface area (Å²) in [7, 11) is 0. The summed E-state index contributed by atoms with van der Waals surface area (Å²) in [5, 5.41) is 2.73. The number of benzene rings is 2. The Hall–Kier alpha value is -0.820. The average molecular weight is 277 g/mol. The second kappa shape index (κ2) is 5.49. The zero-order valence-electron chi connectivity index (χ0n) is 9.67. The standard InChI is InChI=1S/C15H17Br/c1-2-3-4-7-12-8-5-9-13-10-6-11-14(16)15(12)13/h5-6,8-11H,2-4,7H2,1H3. The third-order valence-corrected chi connectivity index (χ3v) is 3.65. The number of rotatable bonds is 4. The molecule has 2 aromatic carbocycles. The van der Waals surface area contributed by atoms with Gasteiger partial charge in [0.25, 0.3) is 0 Å². The van der Waals surface area contributed by atoms with Crippen molar-refractivity contribution < 1.29 is 0 Å². The van der Waals surface area contributed by atoms with Gasteiger partial charge in [0.15, 0.2) is 0 Å². The average Bonchev–Trinajstić information content (AvgIpc) is 2.30. The van der Waals surface area contributed by atoms with Crippen molar-refractivity contribution in [2.75, 3.05) is 0 Å². The Bertz CT molecular complexity index is 469. The lowest BCUT2D eigenvalue weighted by molar-refractivity contribution is 0.719. The molecule has 0 N–H and O–H groups in total. The van der Waals surface area contributed by atoms with E-state index in [1.807, 2.05) is 0 Å². The molecule has 0 fully saturated rings. The quantitative estimate of drug-likeness (QED) is 0.662. The zero-order valence-corrected chi connectivity index (χ0v) is 11.3. The van der Waals surface area contributed by atoms with E-state index in [1.165, 1.54) is 46.5 Å². The summed E-state index contributed by atoms with van der Waals surface area (Å²) in [4.78, 5) is 0. The monoisotopic (exact) mass is 276 g/mol. The molecule has 0 aromatic heterocycles. The minimum atomic E-state index is 1.19. The summed E-state index contributed by atoms with van der Waals surface area (Å²) >= 11 is 3.66. The number of unbranched alkanes of at least 4 members (excludes halogenated alkanes) is 2. The largest absolute Gasteiger partial charge is 0.0654 e. The number of halogens is 1. The highest BCUT2D eigenvalue weighted by molar-refractivity contribution is 9.10. The van der Waals surface area contributed by atoms with Crippen LogP contribution in [-0.2, 0) is 6.42 Å². The Kier molecular flexibility index (Phi) is 4.00. The van der Waals surface area contributed by atoms with Crippen LogP contribution in [0.15, 0.2) is 40.9 Å². The third-order valence-electron chi connectivity index (χ3n) is 2.99. The number of hydrogen-bond acceptors (Lipinski definition) is 0. The van der Waals surface area contributed by atoms with Crippen molar-refractivity contribution in [3.63, 3.8) is 0 Å². The van der Waals surface area contributed by atoms with E-state index in [0.29, 0.717) is 0 Å². The van der Waals surface area contributed by atoms with Gasteiger partial charge in [-0.25, -0.2) is 0 Å². The van der Waals surface area contributed by atoms with Gasteiger partial charge in [-0.05, 0) is 35.2 Å². The maximum Gasteiger partial charge on any atom is 0.0256 e. The van der Waals surface area contributed by atoms with Gasteiger partial charge < -0.3 is 0 Å². The molecule has 0 bridgehead atoms. The van der Waals surface area contributed by atoms with Crippen molar-refractivity contribution in [3.8, 4) is 0 Å². The Balaban J connectivity index is 2.37. The summed E-state index contributed by atoms with van der Waals surface area (Å²) in [6, 6.07) is 13.0. The van der Waals surface area contributed by atoms with Crippen LogP contribution in [0.3, 0.4) is 0 Å². The van der Waals surface area contributed by atoms with Crippen LogP contribution in [0.2, 0.25) is 0 Å². The topological polar surface area (TPSA) is 0 Å². The minimum Gasteiger partial charge on any atom is -0.0654 e. The lowest BCUT2D eigenvalue weighted by Gasteiger charge is -2.08. The predicted octanol–water partition coefficient (Wildman–Crippen LogP) is 5.34. The van der Waals surface area contributed by atoms with E-state index in [2.05, 4.69) is 59.3 Å². The highest BCUT2D eigenvalue weighted by atomic mass is 79.9. The lowest BCUT2D eigenvalue weighted by Crippen LogP contribution is -1.88. The van der Waals surface area contributed by atoms with E-state index < -0.39 is 0 Å². The predicted molar refractivity (Wildman–Crippen MR) is 74.9 cm³/mol. The van der Waals surface area contributed by atoms with Gasteiger partial charge in [-0.2, -0.15) is 0 Å². The molecule has 0 aliphatic rings. The van der Waals surface area contributed by atoms with Crippen LogP contribution in [0, 0.1) is 0 Å². The smallest absolute Gasteiger partial charge is 0.0256 e. The van der Waals surface area contributed by atoms with Crippen molar-refractivity contribution in [1.29, 1.82) is 0 Å². The lowest BCUT2D eigenvalue weighted by atomic mass is 10.00. The summed E-state index contributed by atoms with van der Waals surface area (Å²) in [5.74, 6) is 0. The van der Waals surface area contributed by atoms with Crippen molar-refractivity contribution in [3.05, 3.63) is 46.4 Å².